The Balaban J connectivity index is 1.53. The van der Waals surface area contributed by atoms with Crippen LogP contribution in [-0.2, 0) is 22.8 Å². The van der Waals surface area contributed by atoms with Gasteiger partial charge in [0.1, 0.15) is 18.3 Å². The second kappa shape index (κ2) is 9.47. The van der Waals surface area contributed by atoms with Crippen molar-refractivity contribution in [1.82, 2.24) is 4.90 Å². The molecule has 0 aromatic heterocycles. The molecule has 162 valence electrons. The number of carbonyl (C=O) groups excluding carboxylic acids is 2. The number of benzene rings is 3. The average molecular weight is 428 g/mol. The van der Waals surface area contributed by atoms with E-state index in [0.29, 0.717) is 23.5 Å². The Morgan fingerprint density at radius 3 is 2.34 bits per heavy atom. The van der Waals surface area contributed by atoms with E-state index < -0.39 is 5.92 Å². The molecule has 6 heteroatoms. The molecule has 1 aliphatic rings. The molecule has 0 saturated heterocycles. The van der Waals surface area contributed by atoms with Crippen molar-refractivity contribution >= 4 is 18.0 Å². The molecule has 6 nitrogen and oxygen atoms in total. The molecule has 2 amide bonds. The van der Waals surface area contributed by atoms with Crippen LogP contribution in [0, 0.1) is 6.92 Å². The zero-order chi connectivity index (χ0) is 22.5. The molecule has 0 bridgehead atoms. The summed E-state index contributed by atoms with van der Waals surface area (Å²) in [5, 5.41) is 4.05. The molecule has 3 aromatic rings. The molecular formula is C26H24N2O4. The van der Waals surface area contributed by atoms with Crippen LogP contribution in [0.3, 0.4) is 0 Å². The maximum atomic E-state index is 13.3. The van der Waals surface area contributed by atoms with Gasteiger partial charge < -0.3 is 9.57 Å². The summed E-state index contributed by atoms with van der Waals surface area (Å²) in [5.74, 6) is -0.620. The van der Waals surface area contributed by atoms with Gasteiger partial charge in [-0.15, -0.1) is 0 Å². The molecule has 0 N–H and O–H groups in total. The van der Waals surface area contributed by atoms with Gasteiger partial charge in [0, 0.05) is 5.56 Å². The van der Waals surface area contributed by atoms with Crippen LogP contribution in [0.25, 0.3) is 0 Å². The van der Waals surface area contributed by atoms with Crippen molar-refractivity contribution in [2.75, 3.05) is 7.11 Å². The number of ether oxygens (including phenoxy) is 1. The van der Waals surface area contributed by atoms with E-state index in [1.165, 1.54) is 16.7 Å². The maximum Gasteiger partial charge on any atom is 0.261 e. The van der Waals surface area contributed by atoms with Crippen molar-refractivity contribution in [3.8, 4) is 5.75 Å². The molecule has 0 spiro atoms. The van der Waals surface area contributed by atoms with E-state index in [1.54, 1.807) is 37.4 Å². The van der Waals surface area contributed by atoms with Crippen LogP contribution >= 0.6 is 0 Å². The number of rotatable bonds is 7. The van der Waals surface area contributed by atoms with Crippen molar-refractivity contribution in [2.24, 2.45) is 5.16 Å². The highest BCUT2D eigenvalue weighted by molar-refractivity contribution is 6.16. The van der Waals surface area contributed by atoms with Crippen LogP contribution in [-0.4, -0.2) is 30.0 Å². The Morgan fingerprint density at radius 2 is 1.62 bits per heavy atom. The highest BCUT2D eigenvalue weighted by Gasteiger charge is 2.37. The Morgan fingerprint density at radius 1 is 0.938 bits per heavy atom. The number of methoxy groups -OCH3 is 1. The molecule has 4 rings (SSSR count). The number of aryl methyl sites for hydroxylation is 1. The van der Waals surface area contributed by atoms with Gasteiger partial charge in [0.05, 0.1) is 19.9 Å². The monoisotopic (exact) mass is 428 g/mol. The van der Waals surface area contributed by atoms with Gasteiger partial charge in [0.15, 0.2) is 0 Å². The molecule has 0 fully saturated rings. The Kier molecular flexibility index (Phi) is 6.31. The van der Waals surface area contributed by atoms with Crippen LogP contribution in [0.5, 0.6) is 5.75 Å². The number of carbonyl (C=O) groups is 2. The number of oxime groups is 1. The first kappa shape index (κ1) is 21.3. The lowest BCUT2D eigenvalue weighted by Crippen LogP contribution is -2.44. The normalized spacial score (nSPS) is 15.7. The number of amides is 2. The molecule has 1 atom stereocenters. The minimum Gasteiger partial charge on any atom is -0.497 e. The summed E-state index contributed by atoms with van der Waals surface area (Å²) in [6.07, 6.45) is 1.48. The van der Waals surface area contributed by atoms with E-state index in [0.717, 1.165) is 11.1 Å². The zero-order valence-corrected chi connectivity index (χ0v) is 18.0. The second-order valence-corrected chi connectivity index (χ2v) is 7.66. The largest absolute Gasteiger partial charge is 0.497 e. The standard InChI is InChI=1S/C26H24N2O4/c1-18-7-9-20(10-8-18)17-32-27-15-24-22-5-3-4-6-23(22)25(29)28(26(24)30)16-19-11-13-21(31-2)14-12-19/h3-15,24H,16-17H2,1-2H3/b27-15+/t24-/m0/s1. The quantitative estimate of drug-likeness (QED) is 0.316. The fraction of sp³-hybridized carbons (Fsp3) is 0.192. The first-order chi connectivity index (χ1) is 15.6. The fourth-order valence-electron chi connectivity index (χ4n) is 3.62. The van der Waals surface area contributed by atoms with Gasteiger partial charge in [-0.2, -0.15) is 0 Å². The molecule has 1 heterocycles. The first-order valence-electron chi connectivity index (χ1n) is 10.4. The Bertz CT molecular complexity index is 1140. The lowest BCUT2D eigenvalue weighted by molar-refractivity contribution is -0.129. The van der Waals surface area contributed by atoms with Crippen molar-refractivity contribution in [1.29, 1.82) is 0 Å². The van der Waals surface area contributed by atoms with E-state index in [1.807, 2.05) is 49.4 Å². The molecular weight excluding hydrogens is 404 g/mol. The summed E-state index contributed by atoms with van der Waals surface area (Å²) in [7, 11) is 1.59. The van der Waals surface area contributed by atoms with Crippen LogP contribution in [0.1, 0.15) is 38.5 Å². The highest BCUT2D eigenvalue weighted by Crippen LogP contribution is 2.29. The average Bonchev–Trinajstić information content (AvgIpc) is 2.83. The Hall–Kier alpha value is -3.93. The SMILES string of the molecule is COc1ccc(CN2C(=O)c3ccccc3[C@H](/C=N/OCc3ccc(C)cc3)C2=O)cc1. The zero-order valence-electron chi connectivity index (χ0n) is 18.0. The predicted octanol–water partition coefficient (Wildman–Crippen LogP) is 4.47. The summed E-state index contributed by atoms with van der Waals surface area (Å²) < 4.78 is 5.18. The number of hydrogen-bond acceptors (Lipinski definition) is 5. The molecule has 0 aliphatic carbocycles. The minimum atomic E-state index is -0.694. The first-order valence-corrected chi connectivity index (χ1v) is 10.4. The molecule has 3 aromatic carbocycles. The lowest BCUT2D eigenvalue weighted by atomic mass is 9.89. The Labute approximate surface area is 187 Å². The van der Waals surface area contributed by atoms with E-state index in [2.05, 4.69) is 5.16 Å². The van der Waals surface area contributed by atoms with Crippen LogP contribution < -0.4 is 4.74 Å². The van der Waals surface area contributed by atoms with E-state index in [4.69, 9.17) is 9.57 Å². The molecule has 32 heavy (non-hydrogen) atoms. The van der Waals surface area contributed by atoms with Gasteiger partial charge in [0.2, 0.25) is 5.91 Å². The summed E-state index contributed by atoms with van der Waals surface area (Å²) >= 11 is 0. The summed E-state index contributed by atoms with van der Waals surface area (Å²) in [6, 6.07) is 22.4. The van der Waals surface area contributed by atoms with Crippen LogP contribution in [0.15, 0.2) is 78.0 Å². The van der Waals surface area contributed by atoms with Gasteiger partial charge in [-0.05, 0) is 41.8 Å². The molecule has 0 radical (unpaired) electrons. The van der Waals surface area contributed by atoms with Gasteiger partial charge in [-0.25, -0.2) is 0 Å². The third kappa shape index (κ3) is 4.54. The summed E-state index contributed by atoms with van der Waals surface area (Å²) in [4.78, 5) is 33.0. The third-order valence-corrected chi connectivity index (χ3v) is 5.44. The van der Waals surface area contributed by atoms with Gasteiger partial charge in [0.25, 0.3) is 5.91 Å². The van der Waals surface area contributed by atoms with Crippen molar-refractivity contribution in [3.63, 3.8) is 0 Å². The van der Waals surface area contributed by atoms with E-state index in [-0.39, 0.29) is 18.4 Å². The smallest absolute Gasteiger partial charge is 0.261 e. The number of hydrogen-bond donors (Lipinski definition) is 0. The molecule has 0 unspecified atom stereocenters. The van der Waals surface area contributed by atoms with Crippen LogP contribution in [0.4, 0.5) is 0 Å². The summed E-state index contributed by atoms with van der Waals surface area (Å²) in [6.45, 7) is 2.49. The lowest BCUT2D eigenvalue weighted by Gasteiger charge is -2.30. The number of nitrogens with zero attached hydrogens (tertiary/aromatic N) is 2. The third-order valence-electron chi connectivity index (χ3n) is 5.44. The molecule has 0 saturated carbocycles. The van der Waals surface area contributed by atoms with Crippen molar-refractivity contribution in [2.45, 2.75) is 26.0 Å². The fourth-order valence-corrected chi connectivity index (χ4v) is 3.62. The van der Waals surface area contributed by atoms with Crippen molar-refractivity contribution in [3.05, 3.63) is 101 Å². The number of fused-ring (bicyclic) bond motifs is 1. The van der Waals surface area contributed by atoms with Gasteiger partial charge in [-0.1, -0.05) is 65.3 Å². The topological polar surface area (TPSA) is 68.2 Å². The second-order valence-electron chi connectivity index (χ2n) is 7.66. The van der Waals surface area contributed by atoms with Gasteiger partial charge >= 0.3 is 0 Å². The number of imide groups is 1. The minimum absolute atomic E-state index is 0.171. The van der Waals surface area contributed by atoms with E-state index >= 15 is 0 Å². The van der Waals surface area contributed by atoms with Gasteiger partial charge in [-0.3, -0.25) is 14.5 Å². The molecule has 1 aliphatic heterocycles. The van der Waals surface area contributed by atoms with Crippen LogP contribution in [0.2, 0.25) is 0 Å². The predicted molar refractivity (Wildman–Crippen MR) is 122 cm³/mol. The van der Waals surface area contributed by atoms with Crippen molar-refractivity contribution < 1.29 is 19.2 Å². The van der Waals surface area contributed by atoms with E-state index in [9.17, 15) is 9.59 Å². The highest BCUT2D eigenvalue weighted by atomic mass is 16.6. The maximum absolute atomic E-state index is 13.3. The summed E-state index contributed by atoms with van der Waals surface area (Å²) in [5.41, 5.74) is 4.12.